The Kier molecular flexibility index (Phi) is 9.24. The van der Waals surface area contributed by atoms with Gasteiger partial charge >= 0.3 is 0 Å². The van der Waals surface area contributed by atoms with Gasteiger partial charge in [-0.25, -0.2) is 9.97 Å². The smallest absolute Gasteiger partial charge is 0.269 e. The summed E-state index contributed by atoms with van der Waals surface area (Å²) in [4.78, 5) is 17.9. The van der Waals surface area contributed by atoms with Crippen molar-refractivity contribution in [2.24, 2.45) is 5.92 Å². The van der Waals surface area contributed by atoms with Crippen molar-refractivity contribution in [1.29, 1.82) is 0 Å². The van der Waals surface area contributed by atoms with Gasteiger partial charge < -0.3 is 19.7 Å². The van der Waals surface area contributed by atoms with E-state index in [0.717, 1.165) is 85.5 Å². The van der Waals surface area contributed by atoms with Crippen LogP contribution in [0.4, 0.5) is 5.82 Å². The maximum atomic E-state index is 9.55. The number of hydrogen-bond donors (Lipinski definition) is 2. The third-order valence-electron chi connectivity index (χ3n) is 8.67. The third-order valence-corrected chi connectivity index (χ3v) is 9.86. The maximum Gasteiger partial charge on any atom is 0.269 e. The SMILES string of the molecule is CC(c1cc(CN2CCOCC2)cc(NC2CCC(CO)CC2)n1)C(C)c1ncc(-c2nc(-c3ccccc3)no2)s1. The van der Waals surface area contributed by atoms with Crippen molar-refractivity contribution >= 4 is 17.2 Å². The predicted octanol–water partition coefficient (Wildman–Crippen LogP) is 5.96. The summed E-state index contributed by atoms with van der Waals surface area (Å²) >= 11 is 1.60. The van der Waals surface area contributed by atoms with Crippen LogP contribution in [-0.2, 0) is 11.3 Å². The Bertz CT molecular complexity index is 1430. The number of aliphatic hydroxyl groups is 1. The van der Waals surface area contributed by atoms with Crippen molar-refractivity contribution in [2.75, 3.05) is 38.2 Å². The molecule has 2 unspecified atom stereocenters. The molecule has 1 aliphatic carbocycles. The highest BCUT2D eigenvalue weighted by molar-refractivity contribution is 7.15. The number of nitrogens with one attached hydrogen (secondary N) is 1. The molecule has 0 spiro atoms. The van der Waals surface area contributed by atoms with Gasteiger partial charge in [0.2, 0.25) is 5.82 Å². The number of morpholine rings is 1. The quantitative estimate of drug-likeness (QED) is 0.232. The first-order valence-corrected chi connectivity index (χ1v) is 15.9. The minimum atomic E-state index is 0.152. The lowest BCUT2D eigenvalue weighted by atomic mass is 9.86. The zero-order valence-electron chi connectivity index (χ0n) is 24.4. The Labute approximate surface area is 251 Å². The Hall–Kier alpha value is -3.18. The van der Waals surface area contributed by atoms with Crippen LogP contribution < -0.4 is 5.32 Å². The fraction of sp³-hybridized carbons (Fsp3) is 0.500. The fourth-order valence-corrected chi connectivity index (χ4v) is 6.82. The van der Waals surface area contributed by atoms with E-state index in [1.807, 2.05) is 36.5 Å². The molecule has 0 radical (unpaired) electrons. The standard InChI is InChI=1S/C32H40N6O3S/c1-21(22(2)32-33-18-28(42-32)31-36-30(37-41-31)25-6-4-3-5-7-25)27-16-24(19-38-12-14-40-15-13-38)17-29(35-27)34-26-10-8-23(20-39)9-11-26/h3-7,16-18,21-23,26,39H,8-15,19-20H2,1-2H3,(H,34,35). The van der Waals surface area contributed by atoms with Crippen molar-refractivity contribution in [3.05, 3.63) is 64.9 Å². The second-order valence-electron chi connectivity index (χ2n) is 11.6. The molecule has 1 aromatic carbocycles. The highest BCUT2D eigenvalue weighted by Gasteiger charge is 2.25. The van der Waals surface area contributed by atoms with Crippen LogP contribution in [0.2, 0.25) is 0 Å². The first kappa shape index (κ1) is 28.9. The number of hydrogen-bond acceptors (Lipinski definition) is 10. The highest BCUT2D eigenvalue weighted by atomic mass is 32.1. The molecule has 1 saturated heterocycles. The van der Waals surface area contributed by atoms with Gasteiger partial charge in [0, 0.05) is 55.4 Å². The van der Waals surface area contributed by atoms with Crippen LogP contribution in [0.1, 0.15) is 67.6 Å². The summed E-state index contributed by atoms with van der Waals surface area (Å²) in [6.45, 7) is 9.09. The largest absolute Gasteiger partial charge is 0.396 e. The third kappa shape index (κ3) is 6.89. The van der Waals surface area contributed by atoms with Crippen LogP contribution >= 0.6 is 11.3 Å². The summed E-state index contributed by atoms with van der Waals surface area (Å²) in [5, 5.41) is 18.5. The summed E-state index contributed by atoms with van der Waals surface area (Å²) < 4.78 is 11.2. The molecule has 2 aliphatic rings. The topological polar surface area (TPSA) is 109 Å². The first-order chi connectivity index (χ1) is 20.6. The van der Waals surface area contributed by atoms with E-state index in [9.17, 15) is 5.11 Å². The van der Waals surface area contributed by atoms with Crippen molar-refractivity contribution in [3.63, 3.8) is 0 Å². The fourth-order valence-electron chi connectivity index (χ4n) is 5.82. The second kappa shape index (κ2) is 13.4. The molecule has 1 aliphatic heterocycles. The molecule has 10 heteroatoms. The van der Waals surface area contributed by atoms with Crippen LogP contribution in [-0.4, -0.2) is 69.1 Å². The highest BCUT2D eigenvalue weighted by Crippen LogP contribution is 2.37. The van der Waals surface area contributed by atoms with Crippen LogP contribution in [0.15, 0.2) is 53.2 Å². The van der Waals surface area contributed by atoms with E-state index < -0.39 is 0 Å². The number of anilines is 1. The van der Waals surface area contributed by atoms with Gasteiger partial charge in [-0.2, -0.15) is 4.98 Å². The minimum absolute atomic E-state index is 0.152. The van der Waals surface area contributed by atoms with Crippen molar-refractivity contribution in [2.45, 2.75) is 64.0 Å². The average Bonchev–Trinajstić information content (AvgIpc) is 3.72. The Morgan fingerprint density at radius 1 is 1.02 bits per heavy atom. The van der Waals surface area contributed by atoms with Gasteiger partial charge in [0.1, 0.15) is 10.7 Å². The molecule has 0 bridgehead atoms. The van der Waals surface area contributed by atoms with Crippen LogP contribution in [0, 0.1) is 5.92 Å². The van der Waals surface area contributed by atoms with E-state index in [-0.39, 0.29) is 11.8 Å². The average molecular weight is 589 g/mol. The van der Waals surface area contributed by atoms with E-state index in [2.05, 4.69) is 46.3 Å². The summed E-state index contributed by atoms with van der Waals surface area (Å²) in [6.07, 6.45) is 6.07. The molecule has 4 heterocycles. The lowest BCUT2D eigenvalue weighted by molar-refractivity contribution is 0.0342. The monoisotopic (exact) mass is 588 g/mol. The van der Waals surface area contributed by atoms with Crippen LogP contribution in [0.5, 0.6) is 0 Å². The molecule has 9 nitrogen and oxygen atoms in total. The van der Waals surface area contributed by atoms with Gasteiger partial charge in [-0.3, -0.25) is 4.90 Å². The molecular formula is C32H40N6O3S. The molecular weight excluding hydrogens is 548 g/mol. The number of ether oxygens (including phenoxy) is 1. The number of rotatable bonds is 10. The number of nitrogens with zero attached hydrogens (tertiary/aromatic N) is 5. The van der Waals surface area contributed by atoms with Gasteiger partial charge in [-0.1, -0.05) is 49.3 Å². The van der Waals surface area contributed by atoms with Crippen molar-refractivity contribution < 1.29 is 14.4 Å². The molecule has 2 fully saturated rings. The molecule has 2 N–H and O–H groups in total. The summed E-state index contributed by atoms with van der Waals surface area (Å²) in [5.74, 6) is 2.75. The maximum absolute atomic E-state index is 9.55. The molecule has 3 aromatic heterocycles. The normalized spacial score (nSPS) is 21.2. The van der Waals surface area contributed by atoms with Crippen molar-refractivity contribution in [1.82, 2.24) is 25.0 Å². The zero-order chi connectivity index (χ0) is 28.9. The molecule has 6 rings (SSSR count). The van der Waals surface area contributed by atoms with Crippen molar-refractivity contribution in [3.8, 4) is 22.2 Å². The first-order valence-electron chi connectivity index (χ1n) is 15.1. The summed E-state index contributed by atoms with van der Waals surface area (Å²) in [5.41, 5.74) is 3.26. The van der Waals surface area contributed by atoms with E-state index in [0.29, 0.717) is 30.3 Å². The number of pyridine rings is 1. The Morgan fingerprint density at radius 2 is 1.81 bits per heavy atom. The van der Waals surface area contributed by atoms with Gasteiger partial charge in [-0.15, -0.1) is 11.3 Å². The summed E-state index contributed by atoms with van der Waals surface area (Å²) in [6, 6.07) is 14.7. The van der Waals surface area contributed by atoms with E-state index >= 15 is 0 Å². The molecule has 1 saturated carbocycles. The molecule has 2 atom stereocenters. The minimum Gasteiger partial charge on any atom is -0.396 e. The van der Waals surface area contributed by atoms with E-state index in [1.54, 1.807) is 11.3 Å². The Morgan fingerprint density at radius 3 is 2.57 bits per heavy atom. The number of aliphatic hydroxyl groups excluding tert-OH is 1. The van der Waals surface area contributed by atoms with Gasteiger partial charge in [0.05, 0.1) is 24.4 Å². The lowest BCUT2D eigenvalue weighted by Crippen LogP contribution is -2.35. The second-order valence-corrected chi connectivity index (χ2v) is 12.7. The molecule has 0 amide bonds. The zero-order valence-corrected chi connectivity index (χ0v) is 25.2. The number of aromatic nitrogens is 4. The van der Waals surface area contributed by atoms with E-state index in [4.69, 9.17) is 19.2 Å². The van der Waals surface area contributed by atoms with Gasteiger partial charge in [-0.05, 0) is 49.3 Å². The summed E-state index contributed by atoms with van der Waals surface area (Å²) in [7, 11) is 0. The van der Waals surface area contributed by atoms with E-state index in [1.165, 1.54) is 5.56 Å². The van der Waals surface area contributed by atoms with Crippen LogP contribution in [0.3, 0.4) is 0 Å². The number of benzene rings is 1. The Balaban J connectivity index is 1.20. The molecule has 4 aromatic rings. The predicted molar refractivity (Wildman–Crippen MR) is 164 cm³/mol. The molecule has 222 valence electrons. The van der Waals surface area contributed by atoms with Gasteiger partial charge in [0.25, 0.3) is 5.89 Å². The number of thiazole rings is 1. The van der Waals surface area contributed by atoms with Gasteiger partial charge in [0.15, 0.2) is 0 Å². The molecule has 42 heavy (non-hydrogen) atoms. The lowest BCUT2D eigenvalue weighted by Gasteiger charge is -2.30. The van der Waals surface area contributed by atoms with Crippen LogP contribution in [0.25, 0.3) is 22.2 Å².